The van der Waals surface area contributed by atoms with E-state index in [1.807, 2.05) is 66.2 Å². The zero-order chi connectivity index (χ0) is 17.9. The van der Waals surface area contributed by atoms with Crippen LogP contribution in [0, 0.1) is 5.92 Å². The van der Waals surface area contributed by atoms with Crippen LogP contribution in [0.2, 0.25) is 0 Å². The number of para-hydroxylation sites is 2. The summed E-state index contributed by atoms with van der Waals surface area (Å²) in [4.78, 5) is 17.2. The van der Waals surface area contributed by atoms with Crippen LogP contribution in [0.1, 0.15) is 30.3 Å². The number of hydrogen-bond donors (Lipinski definition) is 1. The number of imidazole rings is 1. The van der Waals surface area contributed by atoms with Gasteiger partial charge < -0.3 is 14.6 Å². The number of rotatable bonds is 7. The molecule has 2 aromatic carbocycles. The second kappa shape index (κ2) is 7.30. The SMILES string of the molecule is Cn1c(C(NC(=O)COCC2CC2)c2ccccc2)nc2ccccc21. The van der Waals surface area contributed by atoms with Gasteiger partial charge in [0.1, 0.15) is 18.5 Å². The quantitative estimate of drug-likeness (QED) is 0.713. The molecule has 5 heteroatoms. The van der Waals surface area contributed by atoms with Crippen LogP contribution in [0.3, 0.4) is 0 Å². The summed E-state index contributed by atoms with van der Waals surface area (Å²) in [6, 6.07) is 17.6. The Hall–Kier alpha value is -2.66. The number of amides is 1. The number of carbonyl (C=O) groups excluding carboxylic acids is 1. The van der Waals surface area contributed by atoms with Crippen LogP contribution in [0.4, 0.5) is 0 Å². The van der Waals surface area contributed by atoms with E-state index in [0.29, 0.717) is 12.5 Å². The van der Waals surface area contributed by atoms with Gasteiger partial charge in [-0.1, -0.05) is 42.5 Å². The lowest BCUT2D eigenvalue weighted by atomic mass is 10.1. The van der Waals surface area contributed by atoms with Crippen LogP contribution < -0.4 is 5.32 Å². The van der Waals surface area contributed by atoms with Crippen molar-refractivity contribution < 1.29 is 9.53 Å². The number of fused-ring (bicyclic) bond motifs is 1. The number of carbonyl (C=O) groups is 1. The van der Waals surface area contributed by atoms with Gasteiger partial charge in [0.25, 0.3) is 0 Å². The third-order valence-electron chi connectivity index (χ3n) is 4.80. The molecule has 1 atom stereocenters. The van der Waals surface area contributed by atoms with Crippen molar-refractivity contribution in [3.05, 3.63) is 66.0 Å². The third-order valence-corrected chi connectivity index (χ3v) is 4.80. The average molecular weight is 349 g/mol. The molecule has 1 aromatic heterocycles. The first-order valence-electron chi connectivity index (χ1n) is 9.06. The molecule has 5 nitrogen and oxygen atoms in total. The van der Waals surface area contributed by atoms with Crippen LogP contribution in [-0.2, 0) is 16.6 Å². The van der Waals surface area contributed by atoms with Gasteiger partial charge >= 0.3 is 0 Å². The van der Waals surface area contributed by atoms with E-state index in [1.54, 1.807) is 0 Å². The van der Waals surface area contributed by atoms with Crippen LogP contribution in [0.25, 0.3) is 11.0 Å². The monoisotopic (exact) mass is 349 g/mol. The van der Waals surface area contributed by atoms with Crippen molar-refractivity contribution in [3.63, 3.8) is 0 Å². The van der Waals surface area contributed by atoms with E-state index in [4.69, 9.17) is 9.72 Å². The molecular weight excluding hydrogens is 326 g/mol. The lowest BCUT2D eigenvalue weighted by molar-refractivity contribution is -0.126. The average Bonchev–Trinajstić information content (AvgIpc) is 3.43. The number of aromatic nitrogens is 2. The fraction of sp³-hybridized carbons (Fsp3) is 0.333. The van der Waals surface area contributed by atoms with Crippen molar-refractivity contribution in [1.29, 1.82) is 0 Å². The molecule has 0 radical (unpaired) electrons. The summed E-state index contributed by atoms with van der Waals surface area (Å²) >= 11 is 0. The Kier molecular flexibility index (Phi) is 4.71. The van der Waals surface area contributed by atoms with Crippen LogP contribution in [0.5, 0.6) is 0 Å². The molecule has 1 heterocycles. The lowest BCUT2D eigenvalue weighted by Gasteiger charge is -2.19. The lowest BCUT2D eigenvalue weighted by Crippen LogP contribution is -2.34. The number of nitrogens with zero attached hydrogens (tertiary/aromatic N) is 2. The van der Waals surface area contributed by atoms with Gasteiger partial charge in [-0.2, -0.15) is 0 Å². The molecule has 0 spiro atoms. The number of nitrogens with one attached hydrogen (secondary N) is 1. The highest BCUT2D eigenvalue weighted by molar-refractivity contribution is 5.79. The summed E-state index contributed by atoms with van der Waals surface area (Å²) in [6.45, 7) is 0.763. The second-order valence-electron chi connectivity index (χ2n) is 6.89. The zero-order valence-corrected chi connectivity index (χ0v) is 14.9. The molecule has 26 heavy (non-hydrogen) atoms. The Labute approximate surface area is 153 Å². The van der Waals surface area contributed by atoms with E-state index in [9.17, 15) is 4.79 Å². The molecule has 0 saturated heterocycles. The second-order valence-corrected chi connectivity index (χ2v) is 6.89. The maximum absolute atomic E-state index is 12.5. The van der Waals surface area contributed by atoms with Crippen molar-refractivity contribution in [3.8, 4) is 0 Å². The van der Waals surface area contributed by atoms with Gasteiger partial charge in [-0.05, 0) is 36.5 Å². The van der Waals surface area contributed by atoms with Crippen molar-refractivity contribution in [2.24, 2.45) is 13.0 Å². The highest BCUT2D eigenvalue weighted by Gasteiger charge is 2.24. The molecule has 1 fully saturated rings. The summed E-state index contributed by atoms with van der Waals surface area (Å²) in [6.07, 6.45) is 2.43. The van der Waals surface area contributed by atoms with E-state index in [2.05, 4.69) is 5.32 Å². The molecule has 4 rings (SSSR count). The first-order valence-corrected chi connectivity index (χ1v) is 9.06. The van der Waals surface area contributed by atoms with E-state index in [1.165, 1.54) is 12.8 Å². The van der Waals surface area contributed by atoms with Gasteiger partial charge in [-0.3, -0.25) is 4.79 Å². The Bertz CT molecular complexity index is 900. The molecule has 0 aliphatic heterocycles. The first-order chi connectivity index (χ1) is 12.7. The predicted molar refractivity (Wildman–Crippen MR) is 101 cm³/mol. The highest BCUT2D eigenvalue weighted by atomic mass is 16.5. The van der Waals surface area contributed by atoms with Gasteiger partial charge in [0.05, 0.1) is 17.6 Å². The van der Waals surface area contributed by atoms with E-state index >= 15 is 0 Å². The van der Waals surface area contributed by atoms with Crippen molar-refractivity contribution in [1.82, 2.24) is 14.9 Å². The minimum atomic E-state index is -0.314. The number of hydrogen-bond acceptors (Lipinski definition) is 3. The fourth-order valence-corrected chi connectivity index (χ4v) is 3.17. The molecule has 1 amide bonds. The Morgan fingerprint density at radius 1 is 1.19 bits per heavy atom. The van der Waals surface area contributed by atoms with Crippen LogP contribution >= 0.6 is 0 Å². The van der Waals surface area contributed by atoms with Gasteiger partial charge in [-0.15, -0.1) is 0 Å². The topological polar surface area (TPSA) is 56.2 Å². The molecule has 1 aliphatic carbocycles. The number of aryl methyl sites for hydroxylation is 1. The predicted octanol–water partition coefficient (Wildman–Crippen LogP) is 3.21. The van der Waals surface area contributed by atoms with Crippen LogP contribution in [-0.4, -0.2) is 28.7 Å². The largest absolute Gasteiger partial charge is 0.371 e. The minimum absolute atomic E-state index is 0.0871. The maximum atomic E-state index is 12.5. The summed E-state index contributed by atoms with van der Waals surface area (Å²) < 4.78 is 7.58. The van der Waals surface area contributed by atoms with Crippen molar-refractivity contribution in [2.75, 3.05) is 13.2 Å². The van der Waals surface area contributed by atoms with Gasteiger partial charge in [0.15, 0.2) is 0 Å². The van der Waals surface area contributed by atoms with E-state index in [0.717, 1.165) is 22.4 Å². The molecule has 134 valence electrons. The Morgan fingerprint density at radius 2 is 1.92 bits per heavy atom. The maximum Gasteiger partial charge on any atom is 0.246 e. The van der Waals surface area contributed by atoms with Crippen molar-refractivity contribution in [2.45, 2.75) is 18.9 Å². The number of ether oxygens (including phenoxy) is 1. The Balaban J connectivity index is 1.59. The normalized spacial score (nSPS) is 15.1. The molecule has 1 aliphatic rings. The summed E-state index contributed by atoms with van der Waals surface area (Å²) in [5.74, 6) is 1.34. The molecule has 3 aromatic rings. The summed E-state index contributed by atoms with van der Waals surface area (Å²) in [5.41, 5.74) is 2.97. The van der Waals surface area contributed by atoms with E-state index < -0.39 is 0 Å². The van der Waals surface area contributed by atoms with Crippen molar-refractivity contribution >= 4 is 16.9 Å². The summed E-state index contributed by atoms with van der Waals surface area (Å²) in [7, 11) is 1.98. The zero-order valence-electron chi connectivity index (χ0n) is 14.9. The fourth-order valence-electron chi connectivity index (χ4n) is 3.17. The molecular formula is C21H23N3O2. The third kappa shape index (κ3) is 3.63. The molecule has 0 bridgehead atoms. The Morgan fingerprint density at radius 3 is 2.65 bits per heavy atom. The van der Waals surface area contributed by atoms with E-state index in [-0.39, 0.29) is 18.6 Å². The standard InChI is InChI=1S/C21H23N3O2/c1-24-18-10-6-5-9-17(18)22-21(24)20(16-7-3-2-4-8-16)23-19(25)14-26-13-15-11-12-15/h2-10,15,20H,11-14H2,1H3,(H,23,25). The minimum Gasteiger partial charge on any atom is -0.371 e. The van der Waals surface area contributed by atoms with Gasteiger partial charge in [-0.25, -0.2) is 4.98 Å². The molecule has 1 N–H and O–H groups in total. The van der Waals surface area contributed by atoms with Gasteiger partial charge in [0.2, 0.25) is 5.91 Å². The highest BCUT2D eigenvalue weighted by Crippen LogP contribution is 2.29. The smallest absolute Gasteiger partial charge is 0.246 e. The first kappa shape index (κ1) is 16.8. The summed E-state index contributed by atoms with van der Waals surface area (Å²) in [5, 5.41) is 3.10. The van der Waals surface area contributed by atoms with Crippen LogP contribution in [0.15, 0.2) is 54.6 Å². The molecule has 1 unspecified atom stereocenters. The molecule has 1 saturated carbocycles. The number of benzene rings is 2. The van der Waals surface area contributed by atoms with Gasteiger partial charge in [0, 0.05) is 7.05 Å².